The van der Waals surface area contributed by atoms with Crippen molar-refractivity contribution in [3.8, 4) is 0 Å². The van der Waals surface area contributed by atoms with Crippen molar-refractivity contribution in [3.63, 3.8) is 0 Å². The third-order valence-corrected chi connectivity index (χ3v) is 6.95. The normalized spacial score (nSPS) is 15.5. The lowest BCUT2D eigenvalue weighted by atomic mass is 9.97. The molecule has 1 atom stereocenters. The summed E-state index contributed by atoms with van der Waals surface area (Å²) >= 11 is 3.14. The van der Waals surface area contributed by atoms with Crippen LogP contribution >= 0.6 is 23.1 Å². The maximum Gasteiger partial charge on any atom is 0.236 e. The van der Waals surface area contributed by atoms with Crippen molar-refractivity contribution in [3.05, 3.63) is 10.4 Å². The molecule has 0 aromatic carbocycles. The Bertz CT molecular complexity index is 807. The van der Waals surface area contributed by atoms with Crippen molar-refractivity contribution in [2.24, 2.45) is 0 Å². The molecule has 3 rings (SSSR count). The van der Waals surface area contributed by atoms with Gasteiger partial charge in [0.15, 0.2) is 5.16 Å². The number of nitrogen functional groups attached to an aromatic ring is 1. The van der Waals surface area contributed by atoms with Crippen molar-refractivity contribution in [2.75, 3.05) is 5.73 Å². The van der Waals surface area contributed by atoms with E-state index in [4.69, 9.17) is 10.7 Å². The van der Waals surface area contributed by atoms with Gasteiger partial charge in [0, 0.05) is 17.0 Å². The van der Waals surface area contributed by atoms with Crippen molar-refractivity contribution < 1.29 is 4.79 Å². The number of thioether (sulfide) groups is 1. The van der Waals surface area contributed by atoms with Crippen LogP contribution in [0.1, 0.15) is 57.9 Å². The molecule has 0 radical (unpaired) electrons. The molecule has 142 valence electrons. The summed E-state index contributed by atoms with van der Waals surface area (Å²) in [6.45, 7) is 10.1. The average molecular weight is 393 g/mol. The fourth-order valence-electron chi connectivity index (χ4n) is 3.74. The number of nitrogens with two attached hydrogens (primary N) is 1. The monoisotopic (exact) mass is 392 g/mol. The second-order valence-corrected chi connectivity index (χ2v) is 9.87. The van der Waals surface area contributed by atoms with Gasteiger partial charge in [0.05, 0.1) is 10.6 Å². The largest absolute Gasteiger partial charge is 0.383 e. The van der Waals surface area contributed by atoms with Crippen LogP contribution in [0.2, 0.25) is 0 Å². The summed E-state index contributed by atoms with van der Waals surface area (Å²) in [4.78, 5) is 26.4. The number of aryl methyl sites for hydroxylation is 2. The molecule has 2 aromatic rings. The zero-order valence-corrected chi connectivity index (χ0v) is 17.8. The minimum Gasteiger partial charge on any atom is -0.383 e. The van der Waals surface area contributed by atoms with Crippen LogP contribution in [0.5, 0.6) is 0 Å². The minimum atomic E-state index is -0.244. The summed E-state index contributed by atoms with van der Waals surface area (Å²) < 4.78 is 0. The number of thiophene rings is 1. The third kappa shape index (κ3) is 3.69. The molecule has 0 spiro atoms. The van der Waals surface area contributed by atoms with Crippen LogP contribution in [0.25, 0.3) is 10.2 Å². The van der Waals surface area contributed by atoms with Crippen LogP contribution in [-0.2, 0) is 17.6 Å². The summed E-state index contributed by atoms with van der Waals surface area (Å²) in [5.41, 5.74) is 7.63. The van der Waals surface area contributed by atoms with Gasteiger partial charge >= 0.3 is 0 Å². The van der Waals surface area contributed by atoms with E-state index in [1.54, 1.807) is 11.3 Å². The van der Waals surface area contributed by atoms with E-state index in [9.17, 15) is 4.79 Å². The maximum absolute atomic E-state index is 12.9. The molecule has 2 N–H and O–H groups in total. The minimum absolute atomic E-state index is 0.118. The molecular formula is C19H28N4OS2. The molecule has 2 heterocycles. The van der Waals surface area contributed by atoms with E-state index in [0.717, 1.165) is 23.1 Å². The Morgan fingerprint density at radius 1 is 1.12 bits per heavy atom. The fourth-order valence-corrected chi connectivity index (χ4v) is 5.90. The molecule has 1 aliphatic rings. The highest BCUT2D eigenvalue weighted by molar-refractivity contribution is 8.00. The lowest BCUT2D eigenvalue weighted by Crippen LogP contribution is -2.45. The van der Waals surface area contributed by atoms with Crippen LogP contribution in [0, 0.1) is 0 Å². The molecule has 0 bridgehead atoms. The van der Waals surface area contributed by atoms with Crippen LogP contribution in [0.4, 0.5) is 5.82 Å². The van der Waals surface area contributed by atoms with Gasteiger partial charge in [-0.1, -0.05) is 11.8 Å². The number of rotatable bonds is 5. The lowest BCUT2D eigenvalue weighted by molar-refractivity contribution is -0.133. The maximum atomic E-state index is 12.9. The number of anilines is 1. The first-order chi connectivity index (χ1) is 12.3. The fraction of sp³-hybridized carbons (Fsp3) is 0.632. The predicted molar refractivity (Wildman–Crippen MR) is 111 cm³/mol. The SMILES string of the molecule is CC(C)N(C(=O)[C@@H](C)Sc1nc(N)c2c3c(sc2n1)CCCC3)C(C)C. The Labute approximate surface area is 163 Å². The first-order valence-corrected chi connectivity index (χ1v) is 11.1. The zero-order chi connectivity index (χ0) is 19.0. The molecular weight excluding hydrogens is 364 g/mol. The molecule has 0 fully saturated rings. The highest BCUT2D eigenvalue weighted by Gasteiger charge is 2.27. The average Bonchev–Trinajstić information content (AvgIpc) is 2.92. The Morgan fingerprint density at radius 2 is 1.77 bits per heavy atom. The first kappa shape index (κ1) is 19.4. The molecule has 2 aromatic heterocycles. The number of hydrogen-bond donors (Lipinski definition) is 1. The Balaban J connectivity index is 1.86. The summed E-state index contributed by atoms with van der Waals surface area (Å²) in [5, 5.41) is 1.40. The summed E-state index contributed by atoms with van der Waals surface area (Å²) in [7, 11) is 0. The van der Waals surface area contributed by atoms with E-state index < -0.39 is 0 Å². The lowest BCUT2D eigenvalue weighted by Gasteiger charge is -2.32. The van der Waals surface area contributed by atoms with Crippen molar-refractivity contribution in [2.45, 2.75) is 82.8 Å². The third-order valence-electron chi connectivity index (χ3n) is 4.82. The number of carbonyl (C=O) groups excluding carboxylic acids is 1. The highest BCUT2D eigenvalue weighted by atomic mass is 32.2. The highest BCUT2D eigenvalue weighted by Crippen LogP contribution is 2.39. The van der Waals surface area contributed by atoms with Gasteiger partial charge in [-0.25, -0.2) is 9.97 Å². The standard InChI is InChI=1S/C19H28N4OS2/c1-10(2)23(11(3)4)18(24)12(5)25-19-21-16(20)15-13-8-6-7-9-14(13)26-17(15)22-19/h10-12H,6-9H2,1-5H3,(H2,20,21,22)/t12-/m1/s1. The molecule has 1 aliphatic carbocycles. The van der Waals surface area contributed by atoms with Crippen molar-refractivity contribution >= 4 is 45.0 Å². The van der Waals surface area contributed by atoms with Crippen LogP contribution in [0.15, 0.2) is 5.16 Å². The van der Waals surface area contributed by atoms with Gasteiger partial charge in [0.1, 0.15) is 10.6 Å². The van der Waals surface area contributed by atoms with Gasteiger partial charge in [-0.2, -0.15) is 0 Å². The Hall–Kier alpha value is -1.34. The van der Waals surface area contributed by atoms with Crippen molar-refractivity contribution in [1.82, 2.24) is 14.9 Å². The molecule has 7 heteroatoms. The molecule has 5 nitrogen and oxygen atoms in total. The van der Waals surface area contributed by atoms with E-state index in [1.165, 1.54) is 35.0 Å². The smallest absolute Gasteiger partial charge is 0.236 e. The van der Waals surface area contributed by atoms with Crippen molar-refractivity contribution in [1.29, 1.82) is 0 Å². The number of hydrogen-bond acceptors (Lipinski definition) is 6. The zero-order valence-electron chi connectivity index (χ0n) is 16.2. The Kier molecular flexibility index (Phi) is 5.77. The molecule has 26 heavy (non-hydrogen) atoms. The second-order valence-electron chi connectivity index (χ2n) is 7.48. The predicted octanol–water partition coefficient (Wildman–Crippen LogP) is 4.28. The Morgan fingerprint density at radius 3 is 2.42 bits per heavy atom. The molecule has 0 saturated carbocycles. The van der Waals surface area contributed by atoms with E-state index in [2.05, 4.69) is 4.98 Å². The van der Waals surface area contributed by atoms with E-state index in [-0.39, 0.29) is 23.2 Å². The summed E-state index contributed by atoms with van der Waals surface area (Å²) in [5.74, 6) is 0.675. The number of nitrogens with zero attached hydrogens (tertiary/aromatic N) is 3. The van der Waals surface area contributed by atoms with Gasteiger partial charge in [-0.05, 0) is 65.9 Å². The van der Waals surface area contributed by atoms with Gasteiger partial charge < -0.3 is 10.6 Å². The van der Waals surface area contributed by atoms with Gasteiger partial charge in [-0.15, -0.1) is 11.3 Å². The quantitative estimate of drug-likeness (QED) is 0.607. The summed E-state index contributed by atoms with van der Waals surface area (Å²) in [6.07, 6.45) is 4.63. The molecule has 0 aliphatic heterocycles. The van der Waals surface area contributed by atoms with Gasteiger partial charge in [0.25, 0.3) is 0 Å². The van der Waals surface area contributed by atoms with E-state index >= 15 is 0 Å². The van der Waals surface area contributed by atoms with Gasteiger partial charge in [-0.3, -0.25) is 4.79 Å². The van der Waals surface area contributed by atoms with Gasteiger partial charge in [0.2, 0.25) is 5.91 Å². The van der Waals surface area contributed by atoms with Crippen LogP contribution in [-0.4, -0.2) is 38.1 Å². The topological polar surface area (TPSA) is 72.1 Å². The molecule has 0 saturated heterocycles. The second kappa shape index (κ2) is 7.72. The number of aromatic nitrogens is 2. The summed E-state index contributed by atoms with van der Waals surface area (Å²) in [6, 6.07) is 0.339. The van der Waals surface area contributed by atoms with E-state index in [0.29, 0.717) is 11.0 Å². The van der Waals surface area contributed by atoms with E-state index in [1.807, 2.05) is 39.5 Å². The van der Waals surface area contributed by atoms with Crippen LogP contribution < -0.4 is 5.73 Å². The number of fused-ring (bicyclic) bond motifs is 3. The van der Waals surface area contributed by atoms with Crippen LogP contribution in [0.3, 0.4) is 0 Å². The molecule has 0 unspecified atom stereocenters. The first-order valence-electron chi connectivity index (χ1n) is 9.36. The number of carbonyl (C=O) groups is 1. The molecule has 1 amide bonds. The number of amides is 1.